The standard InChI is InChI=1S/C9H10N4/c10-12-8-5-9(13-11)7-4-2-1-3-6(7)8/h1-4H,5,10-11H2. The van der Waals surface area contributed by atoms with Crippen molar-refractivity contribution in [3.05, 3.63) is 35.4 Å². The molecule has 0 heterocycles. The van der Waals surface area contributed by atoms with Gasteiger partial charge in [0.15, 0.2) is 0 Å². The lowest BCUT2D eigenvalue weighted by Gasteiger charge is -1.95. The van der Waals surface area contributed by atoms with Gasteiger partial charge in [-0.05, 0) is 0 Å². The van der Waals surface area contributed by atoms with Crippen LogP contribution in [0.4, 0.5) is 0 Å². The monoisotopic (exact) mass is 174 g/mol. The smallest absolute Gasteiger partial charge is 0.0739 e. The van der Waals surface area contributed by atoms with Crippen molar-refractivity contribution in [2.45, 2.75) is 6.42 Å². The Bertz CT molecular complexity index is 355. The molecule has 0 unspecified atom stereocenters. The highest BCUT2D eigenvalue weighted by molar-refractivity contribution is 6.27. The summed E-state index contributed by atoms with van der Waals surface area (Å²) in [6.45, 7) is 0. The van der Waals surface area contributed by atoms with E-state index in [-0.39, 0.29) is 0 Å². The van der Waals surface area contributed by atoms with Gasteiger partial charge in [0.05, 0.1) is 11.4 Å². The number of nitrogens with two attached hydrogens (primary N) is 2. The van der Waals surface area contributed by atoms with Crippen LogP contribution in [0.2, 0.25) is 0 Å². The van der Waals surface area contributed by atoms with Crippen molar-refractivity contribution in [3.63, 3.8) is 0 Å². The average molecular weight is 174 g/mol. The second kappa shape index (κ2) is 2.90. The van der Waals surface area contributed by atoms with Gasteiger partial charge >= 0.3 is 0 Å². The number of fused-ring (bicyclic) bond motifs is 1. The zero-order valence-electron chi connectivity index (χ0n) is 7.07. The number of hydrogen-bond acceptors (Lipinski definition) is 4. The maximum absolute atomic E-state index is 5.26. The number of rotatable bonds is 0. The van der Waals surface area contributed by atoms with Crippen LogP contribution in [0.25, 0.3) is 0 Å². The molecular weight excluding hydrogens is 164 g/mol. The minimum Gasteiger partial charge on any atom is -0.323 e. The summed E-state index contributed by atoms with van der Waals surface area (Å²) >= 11 is 0. The third-order valence-electron chi connectivity index (χ3n) is 2.20. The lowest BCUT2D eigenvalue weighted by molar-refractivity contribution is 1.21. The quantitative estimate of drug-likeness (QED) is 0.441. The highest BCUT2D eigenvalue weighted by Gasteiger charge is 2.22. The van der Waals surface area contributed by atoms with Gasteiger partial charge in [-0.2, -0.15) is 10.2 Å². The van der Waals surface area contributed by atoms with Gasteiger partial charge in [0.2, 0.25) is 0 Å². The first kappa shape index (κ1) is 7.79. The molecular formula is C9H10N4. The Morgan fingerprint density at radius 2 is 1.38 bits per heavy atom. The largest absolute Gasteiger partial charge is 0.323 e. The molecule has 0 fully saturated rings. The van der Waals surface area contributed by atoms with Crippen molar-refractivity contribution in [3.8, 4) is 0 Å². The van der Waals surface area contributed by atoms with Gasteiger partial charge in [0.25, 0.3) is 0 Å². The van der Waals surface area contributed by atoms with Crippen LogP contribution in [0.1, 0.15) is 17.5 Å². The fourth-order valence-corrected chi connectivity index (χ4v) is 1.57. The molecule has 2 rings (SSSR count). The first-order valence-corrected chi connectivity index (χ1v) is 4.00. The van der Waals surface area contributed by atoms with Crippen LogP contribution in [0, 0.1) is 0 Å². The summed E-state index contributed by atoms with van der Waals surface area (Å²) in [4.78, 5) is 0. The molecule has 1 aromatic rings. The minimum atomic E-state index is 0.631. The Hall–Kier alpha value is -1.84. The first-order valence-electron chi connectivity index (χ1n) is 4.00. The Kier molecular flexibility index (Phi) is 1.73. The fourth-order valence-electron chi connectivity index (χ4n) is 1.57. The minimum absolute atomic E-state index is 0.631. The summed E-state index contributed by atoms with van der Waals surface area (Å²) in [5.41, 5.74) is 3.77. The average Bonchev–Trinajstić information content (AvgIpc) is 2.56. The molecule has 66 valence electrons. The van der Waals surface area contributed by atoms with Crippen molar-refractivity contribution in [1.82, 2.24) is 0 Å². The Labute approximate surface area is 75.9 Å². The maximum atomic E-state index is 5.26. The molecule has 1 aliphatic rings. The lowest BCUT2D eigenvalue weighted by atomic mass is 10.1. The third kappa shape index (κ3) is 1.07. The van der Waals surface area contributed by atoms with Gasteiger partial charge in [0.1, 0.15) is 0 Å². The van der Waals surface area contributed by atoms with E-state index in [9.17, 15) is 0 Å². The van der Waals surface area contributed by atoms with E-state index >= 15 is 0 Å². The molecule has 0 aromatic heterocycles. The summed E-state index contributed by atoms with van der Waals surface area (Å²) < 4.78 is 0. The zero-order chi connectivity index (χ0) is 9.26. The second-order valence-electron chi connectivity index (χ2n) is 2.87. The molecule has 0 saturated heterocycles. The van der Waals surface area contributed by atoms with E-state index in [4.69, 9.17) is 11.7 Å². The van der Waals surface area contributed by atoms with E-state index in [0.717, 1.165) is 22.6 Å². The Morgan fingerprint density at radius 1 is 0.923 bits per heavy atom. The lowest BCUT2D eigenvalue weighted by Crippen LogP contribution is -2.01. The van der Waals surface area contributed by atoms with Crippen molar-refractivity contribution < 1.29 is 0 Å². The summed E-state index contributed by atoms with van der Waals surface area (Å²) in [5, 5.41) is 7.41. The van der Waals surface area contributed by atoms with E-state index in [2.05, 4.69) is 10.2 Å². The van der Waals surface area contributed by atoms with Crippen molar-refractivity contribution in [2.75, 3.05) is 0 Å². The van der Waals surface area contributed by atoms with Crippen LogP contribution < -0.4 is 11.7 Å². The molecule has 0 saturated carbocycles. The third-order valence-corrected chi connectivity index (χ3v) is 2.20. The summed E-state index contributed by atoms with van der Waals surface area (Å²) in [5.74, 6) is 10.5. The predicted octanol–water partition coefficient (Wildman–Crippen LogP) is 0.416. The van der Waals surface area contributed by atoms with Gasteiger partial charge in [-0.1, -0.05) is 24.3 Å². The number of nitrogens with zero attached hydrogens (tertiary/aromatic N) is 2. The zero-order valence-corrected chi connectivity index (χ0v) is 7.07. The van der Waals surface area contributed by atoms with E-state index in [1.807, 2.05) is 24.3 Å². The highest BCUT2D eigenvalue weighted by Crippen LogP contribution is 2.22. The predicted molar refractivity (Wildman–Crippen MR) is 52.5 cm³/mol. The summed E-state index contributed by atoms with van der Waals surface area (Å²) in [6.07, 6.45) is 0.631. The van der Waals surface area contributed by atoms with Gasteiger partial charge in [0, 0.05) is 17.5 Å². The second-order valence-corrected chi connectivity index (χ2v) is 2.87. The molecule has 1 aliphatic carbocycles. The molecule has 13 heavy (non-hydrogen) atoms. The topological polar surface area (TPSA) is 76.8 Å². The van der Waals surface area contributed by atoms with Crippen LogP contribution in [0.5, 0.6) is 0 Å². The van der Waals surface area contributed by atoms with Crippen LogP contribution in [-0.4, -0.2) is 11.4 Å². The number of benzene rings is 1. The summed E-state index contributed by atoms with van der Waals surface area (Å²) in [6, 6.07) is 7.84. The van der Waals surface area contributed by atoms with Crippen LogP contribution in [0.3, 0.4) is 0 Å². The maximum Gasteiger partial charge on any atom is 0.0739 e. The van der Waals surface area contributed by atoms with E-state index in [0.29, 0.717) is 6.42 Å². The molecule has 0 radical (unpaired) electrons. The van der Waals surface area contributed by atoms with Crippen molar-refractivity contribution >= 4 is 11.4 Å². The molecule has 0 bridgehead atoms. The first-order chi connectivity index (χ1) is 6.36. The van der Waals surface area contributed by atoms with E-state index in [1.165, 1.54) is 0 Å². The van der Waals surface area contributed by atoms with Crippen molar-refractivity contribution in [2.24, 2.45) is 21.9 Å². The van der Waals surface area contributed by atoms with Gasteiger partial charge in [-0.15, -0.1) is 0 Å². The normalized spacial score (nSPS) is 20.9. The molecule has 0 atom stereocenters. The Morgan fingerprint density at radius 3 is 1.77 bits per heavy atom. The van der Waals surface area contributed by atoms with Crippen LogP contribution in [0.15, 0.2) is 34.5 Å². The van der Waals surface area contributed by atoms with E-state index < -0.39 is 0 Å². The Balaban J connectivity index is 2.63. The molecule has 1 aromatic carbocycles. The molecule has 0 spiro atoms. The molecule has 0 amide bonds. The van der Waals surface area contributed by atoms with Crippen molar-refractivity contribution in [1.29, 1.82) is 0 Å². The number of hydrogen-bond donors (Lipinski definition) is 2. The highest BCUT2D eigenvalue weighted by atomic mass is 15.1. The van der Waals surface area contributed by atoms with Crippen LogP contribution >= 0.6 is 0 Å². The number of hydrazone groups is 2. The molecule has 4 heteroatoms. The van der Waals surface area contributed by atoms with Gasteiger partial charge < -0.3 is 11.7 Å². The fraction of sp³-hybridized carbons (Fsp3) is 0.111. The van der Waals surface area contributed by atoms with Gasteiger partial charge in [-0.25, -0.2) is 0 Å². The molecule has 4 N–H and O–H groups in total. The van der Waals surface area contributed by atoms with E-state index in [1.54, 1.807) is 0 Å². The van der Waals surface area contributed by atoms with Gasteiger partial charge in [-0.3, -0.25) is 0 Å². The SMILES string of the molecule is NN=C1CC(=NN)c2ccccc21. The molecule has 4 nitrogen and oxygen atoms in total. The summed E-state index contributed by atoms with van der Waals surface area (Å²) in [7, 11) is 0. The van der Waals surface area contributed by atoms with Crippen LogP contribution in [-0.2, 0) is 0 Å². The molecule has 0 aliphatic heterocycles.